The Labute approximate surface area is 156 Å². The lowest BCUT2D eigenvalue weighted by Crippen LogP contribution is -2.37. The van der Waals surface area contributed by atoms with E-state index < -0.39 is 6.04 Å². The highest BCUT2D eigenvalue weighted by atomic mass is 32.1. The molecule has 2 amide bonds. The number of aryl methyl sites for hydroxylation is 1. The second-order valence-corrected chi connectivity index (χ2v) is 6.68. The molecule has 2 aromatic carbocycles. The Kier molecular flexibility index (Phi) is 6.17. The average molecular weight is 364 g/mol. The molecule has 2 N–H and O–H groups in total. The van der Waals surface area contributed by atoms with E-state index in [1.165, 1.54) is 0 Å². The monoisotopic (exact) mass is 364 g/mol. The van der Waals surface area contributed by atoms with E-state index in [0.717, 1.165) is 11.1 Å². The van der Waals surface area contributed by atoms with Crippen molar-refractivity contribution in [2.24, 2.45) is 0 Å². The molecule has 0 saturated heterocycles. The molecule has 3 aromatic rings. The molecule has 5 heteroatoms. The first kappa shape index (κ1) is 17.9. The summed E-state index contributed by atoms with van der Waals surface area (Å²) in [7, 11) is 0. The molecule has 1 heterocycles. The number of amides is 2. The van der Waals surface area contributed by atoms with Crippen molar-refractivity contribution in [1.29, 1.82) is 0 Å². The van der Waals surface area contributed by atoms with E-state index in [2.05, 4.69) is 10.6 Å². The Hall–Kier alpha value is -2.92. The van der Waals surface area contributed by atoms with Gasteiger partial charge in [-0.3, -0.25) is 9.59 Å². The third-order valence-electron chi connectivity index (χ3n) is 3.96. The molecule has 1 atom stereocenters. The highest BCUT2D eigenvalue weighted by molar-refractivity contribution is 7.07. The molecule has 1 aromatic heterocycles. The normalized spacial score (nSPS) is 11.5. The largest absolute Gasteiger partial charge is 0.341 e. The van der Waals surface area contributed by atoms with Gasteiger partial charge in [-0.05, 0) is 46.5 Å². The zero-order valence-corrected chi connectivity index (χ0v) is 15.0. The van der Waals surface area contributed by atoms with Crippen molar-refractivity contribution in [3.05, 3.63) is 88.6 Å². The molecular formula is C21H20N2O2S. The summed E-state index contributed by atoms with van der Waals surface area (Å²) >= 11 is 1.61. The first-order chi connectivity index (χ1) is 12.7. The van der Waals surface area contributed by atoms with Crippen LogP contribution >= 0.6 is 11.3 Å². The van der Waals surface area contributed by atoms with E-state index in [0.29, 0.717) is 18.5 Å². The van der Waals surface area contributed by atoms with Gasteiger partial charge < -0.3 is 10.6 Å². The van der Waals surface area contributed by atoms with Crippen LogP contribution in [-0.4, -0.2) is 11.8 Å². The van der Waals surface area contributed by atoms with Crippen molar-refractivity contribution in [3.63, 3.8) is 0 Å². The zero-order chi connectivity index (χ0) is 18.2. The summed E-state index contributed by atoms with van der Waals surface area (Å²) in [4.78, 5) is 25.1. The number of nitrogens with one attached hydrogen (secondary N) is 2. The summed E-state index contributed by atoms with van der Waals surface area (Å²) in [6, 6.07) is 19.8. The molecule has 132 valence electrons. The number of carbonyl (C=O) groups excluding carboxylic acids is 2. The lowest BCUT2D eigenvalue weighted by molar-refractivity contribution is -0.126. The molecule has 0 spiro atoms. The smallest absolute Gasteiger partial charge is 0.251 e. The maximum atomic E-state index is 12.8. The minimum Gasteiger partial charge on any atom is -0.341 e. The Morgan fingerprint density at radius 3 is 2.27 bits per heavy atom. The Morgan fingerprint density at radius 2 is 1.62 bits per heavy atom. The van der Waals surface area contributed by atoms with Gasteiger partial charge >= 0.3 is 0 Å². The highest BCUT2D eigenvalue weighted by Crippen LogP contribution is 2.17. The Morgan fingerprint density at radius 1 is 0.923 bits per heavy atom. The first-order valence-corrected chi connectivity index (χ1v) is 9.38. The van der Waals surface area contributed by atoms with Crippen LogP contribution < -0.4 is 10.6 Å². The standard InChI is InChI=1S/C21H20N2O2S/c24-19(12-11-16-13-14-26-15-16)23-20(17-7-3-1-4-8-17)21(25)22-18-9-5-2-6-10-18/h1-10,13-15,20H,11-12H2,(H,22,25)(H,23,24)/t20-/m0/s1. The fraction of sp³-hybridized carbons (Fsp3) is 0.143. The molecule has 3 rings (SSSR count). The second kappa shape index (κ2) is 8.97. The summed E-state index contributed by atoms with van der Waals surface area (Å²) in [5, 5.41) is 9.76. The number of carbonyl (C=O) groups is 2. The molecular weight excluding hydrogens is 344 g/mol. The van der Waals surface area contributed by atoms with Gasteiger partial charge in [-0.2, -0.15) is 11.3 Å². The van der Waals surface area contributed by atoms with Crippen LogP contribution in [0.3, 0.4) is 0 Å². The van der Waals surface area contributed by atoms with Gasteiger partial charge in [-0.1, -0.05) is 48.5 Å². The van der Waals surface area contributed by atoms with E-state index in [9.17, 15) is 9.59 Å². The van der Waals surface area contributed by atoms with Crippen LogP contribution in [0.1, 0.15) is 23.6 Å². The predicted molar refractivity (Wildman–Crippen MR) is 105 cm³/mol. The number of hydrogen-bond acceptors (Lipinski definition) is 3. The third kappa shape index (κ3) is 5.04. The Balaban J connectivity index is 1.69. The van der Waals surface area contributed by atoms with Crippen molar-refractivity contribution in [2.45, 2.75) is 18.9 Å². The van der Waals surface area contributed by atoms with Gasteiger partial charge in [0.2, 0.25) is 5.91 Å². The van der Waals surface area contributed by atoms with Gasteiger partial charge in [0.05, 0.1) is 0 Å². The van der Waals surface area contributed by atoms with Gasteiger partial charge in [-0.15, -0.1) is 0 Å². The van der Waals surface area contributed by atoms with Gasteiger partial charge in [0.1, 0.15) is 6.04 Å². The lowest BCUT2D eigenvalue weighted by atomic mass is 10.1. The van der Waals surface area contributed by atoms with Crippen LogP contribution in [0.5, 0.6) is 0 Å². The Bertz CT molecular complexity index is 833. The van der Waals surface area contributed by atoms with Crippen LogP contribution in [0.25, 0.3) is 0 Å². The molecule has 0 aliphatic rings. The number of rotatable bonds is 7. The fourth-order valence-electron chi connectivity index (χ4n) is 2.61. The molecule has 0 fully saturated rings. The summed E-state index contributed by atoms with van der Waals surface area (Å²) in [5.41, 5.74) is 2.59. The molecule has 4 nitrogen and oxygen atoms in total. The van der Waals surface area contributed by atoms with E-state index in [1.807, 2.05) is 77.5 Å². The second-order valence-electron chi connectivity index (χ2n) is 5.90. The predicted octanol–water partition coefficient (Wildman–Crippen LogP) is 4.18. The molecule has 0 unspecified atom stereocenters. The maximum Gasteiger partial charge on any atom is 0.251 e. The van der Waals surface area contributed by atoms with Crippen molar-refractivity contribution in [1.82, 2.24) is 5.32 Å². The van der Waals surface area contributed by atoms with E-state index in [4.69, 9.17) is 0 Å². The maximum absolute atomic E-state index is 12.8. The molecule has 0 aliphatic heterocycles. The van der Waals surface area contributed by atoms with Crippen LogP contribution in [0.4, 0.5) is 5.69 Å². The number of para-hydroxylation sites is 1. The van der Waals surface area contributed by atoms with Crippen molar-refractivity contribution in [2.75, 3.05) is 5.32 Å². The van der Waals surface area contributed by atoms with Crippen molar-refractivity contribution in [3.8, 4) is 0 Å². The van der Waals surface area contributed by atoms with Crippen LogP contribution in [-0.2, 0) is 16.0 Å². The summed E-state index contributed by atoms with van der Waals surface area (Å²) in [6.45, 7) is 0. The van der Waals surface area contributed by atoms with Gasteiger partial charge in [-0.25, -0.2) is 0 Å². The topological polar surface area (TPSA) is 58.2 Å². The number of anilines is 1. The number of thiophene rings is 1. The minimum absolute atomic E-state index is 0.145. The summed E-state index contributed by atoms with van der Waals surface area (Å²) in [6.07, 6.45) is 1.01. The SMILES string of the molecule is O=C(CCc1ccsc1)N[C@H](C(=O)Nc1ccccc1)c1ccccc1. The van der Waals surface area contributed by atoms with Crippen molar-refractivity contribution < 1.29 is 9.59 Å². The number of hydrogen-bond donors (Lipinski definition) is 2. The van der Waals surface area contributed by atoms with Crippen LogP contribution in [0, 0.1) is 0 Å². The average Bonchev–Trinajstić information content (AvgIpc) is 3.19. The van der Waals surface area contributed by atoms with Gasteiger partial charge in [0.15, 0.2) is 0 Å². The molecule has 0 radical (unpaired) electrons. The van der Waals surface area contributed by atoms with E-state index in [-0.39, 0.29) is 11.8 Å². The third-order valence-corrected chi connectivity index (χ3v) is 4.69. The van der Waals surface area contributed by atoms with Crippen LogP contribution in [0.15, 0.2) is 77.5 Å². The minimum atomic E-state index is -0.730. The number of benzene rings is 2. The summed E-state index contributed by atoms with van der Waals surface area (Å²) < 4.78 is 0. The molecule has 0 saturated carbocycles. The first-order valence-electron chi connectivity index (χ1n) is 8.43. The van der Waals surface area contributed by atoms with Gasteiger partial charge in [0.25, 0.3) is 5.91 Å². The lowest BCUT2D eigenvalue weighted by Gasteiger charge is -2.19. The molecule has 0 bridgehead atoms. The quantitative estimate of drug-likeness (QED) is 0.661. The summed E-state index contributed by atoms with van der Waals surface area (Å²) in [5.74, 6) is -0.403. The molecule has 26 heavy (non-hydrogen) atoms. The van der Waals surface area contributed by atoms with Crippen LogP contribution in [0.2, 0.25) is 0 Å². The molecule has 0 aliphatic carbocycles. The van der Waals surface area contributed by atoms with Gasteiger partial charge in [0, 0.05) is 12.1 Å². The fourth-order valence-corrected chi connectivity index (χ4v) is 3.31. The van der Waals surface area contributed by atoms with E-state index >= 15 is 0 Å². The van der Waals surface area contributed by atoms with E-state index in [1.54, 1.807) is 11.3 Å². The van der Waals surface area contributed by atoms with Crippen molar-refractivity contribution >= 4 is 28.8 Å². The zero-order valence-electron chi connectivity index (χ0n) is 14.2. The highest BCUT2D eigenvalue weighted by Gasteiger charge is 2.22.